The predicted octanol–water partition coefficient (Wildman–Crippen LogP) is 4.14. The average Bonchev–Trinajstić information content (AvgIpc) is 2.93. The normalized spacial score (nSPS) is 12.5. The van der Waals surface area contributed by atoms with Crippen LogP contribution < -0.4 is 5.32 Å². The van der Waals surface area contributed by atoms with Crippen LogP contribution in [0.15, 0.2) is 50.4 Å². The van der Waals surface area contributed by atoms with Gasteiger partial charge in [0, 0.05) is 24.7 Å². The molecule has 0 aliphatic heterocycles. The SMILES string of the molecule is CC(C)NCc1cc(S(=O)(=O)N(Cc2ccccc2)C(C)C)c(Br)o1. The van der Waals surface area contributed by atoms with Crippen molar-refractivity contribution in [2.24, 2.45) is 0 Å². The van der Waals surface area contributed by atoms with E-state index >= 15 is 0 Å². The number of hydrogen-bond donors (Lipinski definition) is 1. The maximum atomic E-state index is 13.2. The monoisotopic (exact) mass is 428 g/mol. The zero-order chi connectivity index (χ0) is 18.6. The van der Waals surface area contributed by atoms with Gasteiger partial charge in [-0.15, -0.1) is 0 Å². The van der Waals surface area contributed by atoms with Crippen molar-refractivity contribution in [2.75, 3.05) is 0 Å². The first-order valence-electron chi connectivity index (χ1n) is 8.29. The lowest BCUT2D eigenvalue weighted by molar-refractivity contribution is 0.347. The number of hydrogen-bond acceptors (Lipinski definition) is 4. The summed E-state index contributed by atoms with van der Waals surface area (Å²) in [4.78, 5) is 0.165. The second-order valence-corrected chi connectivity index (χ2v) is 9.10. The molecular formula is C18H25BrN2O3S. The summed E-state index contributed by atoms with van der Waals surface area (Å²) in [6.07, 6.45) is 0. The lowest BCUT2D eigenvalue weighted by Gasteiger charge is -2.25. The summed E-state index contributed by atoms with van der Waals surface area (Å²) < 4.78 is 33.6. The van der Waals surface area contributed by atoms with Gasteiger partial charge >= 0.3 is 0 Å². The molecule has 7 heteroatoms. The van der Waals surface area contributed by atoms with Crippen molar-refractivity contribution in [1.29, 1.82) is 0 Å². The first-order chi connectivity index (χ1) is 11.7. The smallest absolute Gasteiger partial charge is 0.248 e. The Morgan fingerprint density at radius 1 is 1.16 bits per heavy atom. The van der Waals surface area contributed by atoms with E-state index in [1.807, 2.05) is 58.0 Å². The molecule has 0 spiro atoms. The molecule has 138 valence electrons. The molecule has 0 saturated heterocycles. The lowest BCUT2D eigenvalue weighted by atomic mass is 10.2. The Kier molecular flexibility index (Phi) is 6.85. The topological polar surface area (TPSA) is 62.6 Å². The highest BCUT2D eigenvalue weighted by atomic mass is 79.9. The molecule has 1 aromatic carbocycles. The largest absolute Gasteiger partial charge is 0.452 e. The average molecular weight is 429 g/mol. The van der Waals surface area contributed by atoms with Gasteiger partial charge in [0.15, 0.2) is 4.67 Å². The van der Waals surface area contributed by atoms with Crippen molar-refractivity contribution >= 4 is 26.0 Å². The zero-order valence-corrected chi connectivity index (χ0v) is 17.4. The van der Waals surface area contributed by atoms with Crippen LogP contribution in [0.1, 0.15) is 39.0 Å². The fraction of sp³-hybridized carbons (Fsp3) is 0.444. The van der Waals surface area contributed by atoms with Crippen molar-refractivity contribution in [1.82, 2.24) is 9.62 Å². The predicted molar refractivity (Wildman–Crippen MR) is 103 cm³/mol. The molecule has 0 unspecified atom stereocenters. The molecule has 0 aliphatic rings. The fourth-order valence-corrected chi connectivity index (χ4v) is 4.99. The maximum Gasteiger partial charge on any atom is 0.248 e. The molecule has 5 nitrogen and oxygen atoms in total. The van der Waals surface area contributed by atoms with Gasteiger partial charge in [0.05, 0.1) is 6.54 Å². The van der Waals surface area contributed by atoms with Crippen molar-refractivity contribution in [3.05, 3.63) is 52.4 Å². The van der Waals surface area contributed by atoms with E-state index in [9.17, 15) is 8.42 Å². The molecule has 0 amide bonds. The summed E-state index contributed by atoms with van der Waals surface area (Å²) in [5, 5.41) is 3.22. The summed E-state index contributed by atoms with van der Waals surface area (Å²) in [6, 6.07) is 11.3. The number of sulfonamides is 1. The number of halogens is 1. The van der Waals surface area contributed by atoms with Crippen LogP contribution in [0.2, 0.25) is 0 Å². The molecule has 1 heterocycles. The van der Waals surface area contributed by atoms with Gasteiger partial charge in [-0.2, -0.15) is 4.31 Å². The third-order valence-electron chi connectivity index (χ3n) is 3.73. The van der Waals surface area contributed by atoms with Crippen LogP contribution in [0.25, 0.3) is 0 Å². The number of rotatable bonds is 8. The molecule has 2 aromatic rings. The van der Waals surface area contributed by atoms with Gasteiger partial charge < -0.3 is 9.73 Å². The molecule has 0 saturated carbocycles. The van der Waals surface area contributed by atoms with Crippen molar-refractivity contribution in [3.8, 4) is 0 Å². The van der Waals surface area contributed by atoms with E-state index in [2.05, 4.69) is 21.2 Å². The molecule has 0 atom stereocenters. The minimum absolute atomic E-state index is 0.165. The van der Waals surface area contributed by atoms with Crippen LogP contribution in [0.3, 0.4) is 0 Å². The van der Waals surface area contributed by atoms with Gasteiger partial charge in [-0.05, 0) is 35.3 Å². The molecular weight excluding hydrogens is 404 g/mol. The molecule has 0 bridgehead atoms. The van der Waals surface area contributed by atoms with Crippen molar-refractivity contribution < 1.29 is 12.8 Å². The lowest BCUT2D eigenvalue weighted by Crippen LogP contribution is -2.36. The highest BCUT2D eigenvalue weighted by molar-refractivity contribution is 9.10. The Hall–Kier alpha value is -1.15. The second-order valence-electron chi connectivity index (χ2n) is 6.52. The first kappa shape index (κ1) is 20.2. The molecule has 1 aromatic heterocycles. The maximum absolute atomic E-state index is 13.2. The van der Waals surface area contributed by atoms with Crippen LogP contribution in [0, 0.1) is 0 Å². The van der Waals surface area contributed by atoms with Gasteiger partial charge in [0.1, 0.15) is 10.7 Å². The minimum Gasteiger partial charge on any atom is -0.452 e. The van der Waals surface area contributed by atoms with E-state index in [-0.39, 0.29) is 21.6 Å². The summed E-state index contributed by atoms with van der Waals surface area (Å²) >= 11 is 3.26. The molecule has 1 N–H and O–H groups in total. The Labute approximate surface area is 158 Å². The third-order valence-corrected chi connectivity index (χ3v) is 6.61. The van der Waals surface area contributed by atoms with Crippen LogP contribution >= 0.6 is 15.9 Å². The molecule has 2 rings (SSSR count). The van der Waals surface area contributed by atoms with Crippen LogP contribution in [0.4, 0.5) is 0 Å². The number of furan rings is 1. The van der Waals surface area contributed by atoms with Gasteiger partial charge in [0.25, 0.3) is 0 Å². The van der Waals surface area contributed by atoms with Crippen LogP contribution in [-0.4, -0.2) is 24.8 Å². The third kappa shape index (κ3) is 5.17. The summed E-state index contributed by atoms with van der Waals surface area (Å²) in [6.45, 7) is 8.58. The highest BCUT2D eigenvalue weighted by Gasteiger charge is 2.31. The van der Waals surface area contributed by atoms with E-state index in [0.29, 0.717) is 18.8 Å². The molecule has 0 fully saturated rings. The molecule has 25 heavy (non-hydrogen) atoms. The molecule has 0 aliphatic carbocycles. The zero-order valence-electron chi connectivity index (χ0n) is 15.0. The minimum atomic E-state index is -3.68. The fourth-order valence-electron chi connectivity index (χ4n) is 2.40. The number of benzene rings is 1. The van der Waals surface area contributed by atoms with Crippen LogP contribution in [0.5, 0.6) is 0 Å². The standard InChI is InChI=1S/C18H25BrN2O3S/c1-13(2)20-11-16-10-17(18(19)24-16)25(22,23)21(14(3)4)12-15-8-6-5-7-9-15/h5-10,13-14,20H,11-12H2,1-4H3. The van der Waals surface area contributed by atoms with Gasteiger partial charge in [0.2, 0.25) is 10.0 Å². The van der Waals surface area contributed by atoms with Crippen molar-refractivity contribution in [3.63, 3.8) is 0 Å². The van der Waals surface area contributed by atoms with Crippen LogP contribution in [-0.2, 0) is 23.1 Å². The van der Waals surface area contributed by atoms with E-state index in [1.54, 1.807) is 6.07 Å². The van der Waals surface area contributed by atoms with Gasteiger partial charge in [-0.1, -0.05) is 44.2 Å². The van der Waals surface area contributed by atoms with Gasteiger partial charge in [-0.3, -0.25) is 0 Å². The number of nitrogens with zero attached hydrogens (tertiary/aromatic N) is 1. The van der Waals surface area contributed by atoms with Crippen molar-refractivity contribution in [2.45, 2.75) is 57.8 Å². The highest BCUT2D eigenvalue weighted by Crippen LogP contribution is 2.30. The molecule has 0 radical (unpaired) electrons. The van der Waals surface area contributed by atoms with E-state index < -0.39 is 10.0 Å². The Balaban J connectivity index is 2.31. The number of nitrogens with one attached hydrogen (secondary N) is 1. The van der Waals surface area contributed by atoms with E-state index in [4.69, 9.17) is 4.42 Å². The quantitative estimate of drug-likeness (QED) is 0.685. The summed E-state index contributed by atoms with van der Waals surface area (Å²) in [5.74, 6) is 0.586. The second kappa shape index (κ2) is 8.49. The van der Waals surface area contributed by atoms with E-state index in [0.717, 1.165) is 5.56 Å². The van der Waals surface area contributed by atoms with E-state index in [1.165, 1.54) is 4.31 Å². The Morgan fingerprint density at radius 3 is 2.36 bits per heavy atom. The first-order valence-corrected chi connectivity index (χ1v) is 10.5. The Bertz CT molecular complexity index is 786. The summed E-state index contributed by atoms with van der Waals surface area (Å²) in [7, 11) is -3.68. The Morgan fingerprint density at radius 2 is 1.80 bits per heavy atom. The van der Waals surface area contributed by atoms with Gasteiger partial charge in [-0.25, -0.2) is 8.42 Å². The summed E-state index contributed by atoms with van der Waals surface area (Å²) in [5.41, 5.74) is 0.945.